The molecule has 0 saturated carbocycles. The van der Waals surface area contributed by atoms with Gasteiger partial charge in [0.25, 0.3) is 0 Å². The molecule has 0 unspecified atom stereocenters. The van der Waals surface area contributed by atoms with E-state index in [9.17, 15) is 8.42 Å². The minimum Gasteiger partial charge on any atom is -0.370 e. The van der Waals surface area contributed by atoms with Crippen molar-refractivity contribution in [1.82, 2.24) is 15.1 Å². The summed E-state index contributed by atoms with van der Waals surface area (Å²) in [5.74, 6) is 2.15. The second-order valence-electron chi connectivity index (χ2n) is 5.15. The summed E-state index contributed by atoms with van der Waals surface area (Å²) in [5.41, 5.74) is 0. The lowest BCUT2D eigenvalue weighted by atomic mass is 10.1. The molecule has 100 valence electrons. The van der Waals surface area contributed by atoms with Gasteiger partial charge in [-0.1, -0.05) is 0 Å². The summed E-state index contributed by atoms with van der Waals surface area (Å²) >= 11 is 0. The summed E-state index contributed by atoms with van der Waals surface area (Å²) < 4.78 is 24.7. The molecular formula is C11H18N4O2S. The van der Waals surface area contributed by atoms with E-state index in [0.717, 1.165) is 31.9 Å². The summed E-state index contributed by atoms with van der Waals surface area (Å²) in [7, 11) is -2.78. The fourth-order valence-electron chi connectivity index (χ4n) is 2.61. The Morgan fingerprint density at radius 3 is 3.22 bits per heavy atom. The van der Waals surface area contributed by atoms with Crippen LogP contribution in [0.2, 0.25) is 0 Å². The highest BCUT2D eigenvalue weighted by atomic mass is 32.2. The van der Waals surface area contributed by atoms with Crippen LogP contribution >= 0.6 is 0 Å². The number of nitrogens with one attached hydrogen (secondary N) is 2. The van der Waals surface area contributed by atoms with Crippen LogP contribution in [0.15, 0.2) is 12.3 Å². The molecule has 18 heavy (non-hydrogen) atoms. The van der Waals surface area contributed by atoms with Crippen molar-refractivity contribution in [2.75, 3.05) is 29.9 Å². The predicted octanol–water partition coefficient (Wildman–Crippen LogP) is -0.298. The number of rotatable bonds is 3. The average Bonchev–Trinajstić information content (AvgIpc) is 2.92. The van der Waals surface area contributed by atoms with Crippen molar-refractivity contribution in [3.05, 3.63) is 12.3 Å². The molecule has 1 aromatic heterocycles. The van der Waals surface area contributed by atoms with Gasteiger partial charge in [-0.3, -0.25) is 0 Å². The summed E-state index contributed by atoms with van der Waals surface area (Å²) in [5, 5.41) is 10.9. The van der Waals surface area contributed by atoms with E-state index in [1.807, 2.05) is 10.7 Å². The molecule has 2 atom stereocenters. The molecule has 1 saturated heterocycles. The average molecular weight is 270 g/mol. The third-order valence-electron chi connectivity index (χ3n) is 3.65. The van der Waals surface area contributed by atoms with Crippen molar-refractivity contribution in [2.24, 2.45) is 5.92 Å². The second-order valence-corrected chi connectivity index (χ2v) is 7.38. The topological polar surface area (TPSA) is 76.0 Å². The van der Waals surface area contributed by atoms with E-state index in [1.165, 1.54) is 0 Å². The van der Waals surface area contributed by atoms with Gasteiger partial charge in [0.05, 0.1) is 17.7 Å². The normalized spacial score (nSPS) is 29.8. The Morgan fingerprint density at radius 1 is 1.56 bits per heavy atom. The standard InChI is InChI=1S/C11H18N4O2S/c16-18(17)4-2-10(8-18)12-5-9-6-13-11-1-3-14-15(11)7-9/h1,3,9-10,12-13H,2,4-8H2/t9-,10+/m0/s1. The maximum atomic E-state index is 11.4. The van der Waals surface area contributed by atoms with Crippen LogP contribution in [0.3, 0.4) is 0 Å². The van der Waals surface area contributed by atoms with E-state index >= 15 is 0 Å². The molecule has 0 amide bonds. The molecule has 3 rings (SSSR count). The lowest BCUT2D eigenvalue weighted by Gasteiger charge is -2.26. The molecule has 1 fully saturated rings. The fraction of sp³-hybridized carbons (Fsp3) is 0.727. The quantitative estimate of drug-likeness (QED) is 0.789. The molecular weight excluding hydrogens is 252 g/mol. The number of sulfone groups is 1. The molecule has 0 aliphatic carbocycles. The number of anilines is 1. The molecule has 0 spiro atoms. The Bertz CT molecular complexity index is 525. The molecule has 0 aromatic carbocycles. The largest absolute Gasteiger partial charge is 0.370 e. The monoisotopic (exact) mass is 270 g/mol. The third kappa shape index (κ3) is 2.51. The highest BCUT2D eigenvalue weighted by Gasteiger charge is 2.28. The Hall–Kier alpha value is -1.08. The zero-order valence-electron chi connectivity index (χ0n) is 10.2. The predicted molar refractivity (Wildman–Crippen MR) is 69.3 cm³/mol. The van der Waals surface area contributed by atoms with Crippen LogP contribution in [0.25, 0.3) is 0 Å². The first-order chi connectivity index (χ1) is 8.62. The molecule has 7 heteroatoms. The number of fused-ring (bicyclic) bond motifs is 1. The van der Waals surface area contributed by atoms with Crippen molar-refractivity contribution in [3.63, 3.8) is 0 Å². The second kappa shape index (κ2) is 4.55. The van der Waals surface area contributed by atoms with Gasteiger partial charge in [0.15, 0.2) is 9.84 Å². The third-order valence-corrected chi connectivity index (χ3v) is 5.42. The summed E-state index contributed by atoms with van der Waals surface area (Å²) in [6.07, 6.45) is 2.54. The van der Waals surface area contributed by atoms with Gasteiger partial charge in [0, 0.05) is 37.7 Å². The number of hydrogen-bond acceptors (Lipinski definition) is 5. The Morgan fingerprint density at radius 2 is 2.44 bits per heavy atom. The fourth-order valence-corrected chi connectivity index (χ4v) is 4.32. The van der Waals surface area contributed by atoms with Gasteiger partial charge in [0.1, 0.15) is 5.82 Å². The van der Waals surface area contributed by atoms with Crippen LogP contribution < -0.4 is 10.6 Å². The molecule has 3 heterocycles. The smallest absolute Gasteiger partial charge is 0.151 e. The first-order valence-corrected chi connectivity index (χ1v) is 8.14. The van der Waals surface area contributed by atoms with Gasteiger partial charge in [-0.25, -0.2) is 13.1 Å². The minimum atomic E-state index is -2.78. The van der Waals surface area contributed by atoms with E-state index in [4.69, 9.17) is 0 Å². The van der Waals surface area contributed by atoms with Crippen LogP contribution in [0.5, 0.6) is 0 Å². The van der Waals surface area contributed by atoms with E-state index < -0.39 is 9.84 Å². The van der Waals surface area contributed by atoms with E-state index in [0.29, 0.717) is 17.4 Å². The molecule has 1 aromatic rings. The first-order valence-electron chi connectivity index (χ1n) is 6.32. The molecule has 6 nitrogen and oxygen atoms in total. The van der Waals surface area contributed by atoms with Gasteiger partial charge in [-0.05, 0) is 6.42 Å². The van der Waals surface area contributed by atoms with Gasteiger partial charge < -0.3 is 10.6 Å². The van der Waals surface area contributed by atoms with Crippen LogP contribution in [-0.4, -0.2) is 48.8 Å². The lowest BCUT2D eigenvalue weighted by Crippen LogP contribution is -2.40. The van der Waals surface area contributed by atoms with Crippen LogP contribution in [-0.2, 0) is 16.4 Å². The van der Waals surface area contributed by atoms with Crippen LogP contribution in [0, 0.1) is 5.92 Å². The summed E-state index contributed by atoms with van der Waals surface area (Å²) in [4.78, 5) is 0. The minimum absolute atomic E-state index is 0.133. The van der Waals surface area contributed by atoms with Crippen molar-refractivity contribution in [2.45, 2.75) is 19.0 Å². The lowest BCUT2D eigenvalue weighted by molar-refractivity contribution is 0.375. The summed E-state index contributed by atoms with van der Waals surface area (Å²) in [6.45, 7) is 2.65. The van der Waals surface area contributed by atoms with Crippen molar-refractivity contribution < 1.29 is 8.42 Å². The Kier molecular flexibility index (Phi) is 3.03. The number of aromatic nitrogens is 2. The zero-order chi connectivity index (χ0) is 12.6. The highest BCUT2D eigenvalue weighted by molar-refractivity contribution is 7.91. The van der Waals surface area contributed by atoms with Crippen molar-refractivity contribution in [1.29, 1.82) is 0 Å². The number of hydrogen-bond donors (Lipinski definition) is 2. The van der Waals surface area contributed by atoms with E-state index in [-0.39, 0.29) is 6.04 Å². The highest BCUT2D eigenvalue weighted by Crippen LogP contribution is 2.17. The van der Waals surface area contributed by atoms with Crippen LogP contribution in [0.1, 0.15) is 6.42 Å². The van der Waals surface area contributed by atoms with Crippen LogP contribution in [0.4, 0.5) is 5.82 Å². The zero-order valence-corrected chi connectivity index (χ0v) is 11.0. The molecule has 2 aliphatic rings. The van der Waals surface area contributed by atoms with Gasteiger partial charge >= 0.3 is 0 Å². The molecule has 2 N–H and O–H groups in total. The van der Waals surface area contributed by atoms with Crippen molar-refractivity contribution >= 4 is 15.7 Å². The summed E-state index contributed by atoms with van der Waals surface area (Å²) in [6, 6.07) is 2.10. The van der Waals surface area contributed by atoms with Gasteiger partial charge in [0.2, 0.25) is 0 Å². The number of nitrogens with zero attached hydrogens (tertiary/aromatic N) is 2. The first kappa shape index (κ1) is 12.0. The Balaban J connectivity index is 1.51. The van der Waals surface area contributed by atoms with Crippen molar-refractivity contribution in [3.8, 4) is 0 Å². The van der Waals surface area contributed by atoms with Gasteiger partial charge in [-0.2, -0.15) is 5.10 Å². The molecule has 2 aliphatic heterocycles. The SMILES string of the molecule is O=S1(=O)CC[C@@H](NC[C@H]2CNc3ccnn3C2)C1. The van der Waals surface area contributed by atoms with E-state index in [1.54, 1.807) is 6.20 Å². The van der Waals surface area contributed by atoms with Gasteiger partial charge in [-0.15, -0.1) is 0 Å². The van der Waals surface area contributed by atoms with E-state index in [2.05, 4.69) is 15.7 Å². The maximum Gasteiger partial charge on any atom is 0.151 e. The molecule has 0 radical (unpaired) electrons. The Labute approximate surface area is 107 Å². The molecule has 0 bridgehead atoms. The maximum absolute atomic E-state index is 11.4.